The Hall–Kier alpha value is -2.41. The van der Waals surface area contributed by atoms with Gasteiger partial charge in [0.25, 0.3) is 5.91 Å². The summed E-state index contributed by atoms with van der Waals surface area (Å²) in [5.41, 5.74) is 1.93. The van der Waals surface area contributed by atoms with E-state index in [9.17, 15) is 4.79 Å². The number of benzene rings is 1. The quantitative estimate of drug-likeness (QED) is 0.818. The van der Waals surface area contributed by atoms with E-state index in [1.165, 1.54) is 19.3 Å². The molecule has 0 N–H and O–H groups in total. The minimum Gasteiger partial charge on any atom is -0.372 e. The SMILES string of the molecule is CN1CCC[C@H]1c1nnc2n1CCN(C(=O)c1cccc(N3CCCC3)c1)C2. The zero-order valence-electron chi connectivity index (χ0n) is 16.5. The molecular weight excluding hydrogens is 352 g/mol. The molecule has 2 fully saturated rings. The first-order chi connectivity index (χ1) is 13.7. The molecule has 7 nitrogen and oxygen atoms in total. The van der Waals surface area contributed by atoms with Crippen molar-refractivity contribution in [1.29, 1.82) is 0 Å². The van der Waals surface area contributed by atoms with Gasteiger partial charge in [0.1, 0.15) is 0 Å². The predicted octanol–water partition coefficient (Wildman–Crippen LogP) is 2.30. The molecule has 0 radical (unpaired) electrons. The molecule has 0 saturated carbocycles. The number of fused-ring (bicyclic) bond motifs is 1. The number of nitrogens with zero attached hydrogens (tertiary/aromatic N) is 6. The van der Waals surface area contributed by atoms with Crippen molar-refractivity contribution in [3.8, 4) is 0 Å². The summed E-state index contributed by atoms with van der Waals surface area (Å²) in [6.07, 6.45) is 4.82. The second-order valence-corrected chi connectivity index (χ2v) is 8.24. The number of carbonyl (C=O) groups excluding carboxylic acids is 1. The fourth-order valence-electron chi connectivity index (χ4n) is 4.83. The number of carbonyl (C=O) groups is 1. The smallest absolute Gasteiger partial charge is 0.254 e. The van der Waals surface area contributed by atoms with Gasteiger partial charge in [0.05, 0.1) is 12.6 Å². The maximum absolute atomic E-state index is 13.1. The molecule has 1 atom stereocenters. The molecule has 28 heavy (non-hydrogen) atoms. The highest BCUT2D eigenvalue weighted by Crippen LogP contribution is 2.31. The van der Waals surface area contributed by atoms with E-state index in [0.29, 0.717) is 19.1 Å². The van der Waals surface area contributed by atoms with Crippen LogP contribution in [0.5, 0.6) is 0 Å². The lowest BCUT2D eigenvalue weighted by molar-refractivity contribution is 0.0705. The highest BCUT2D eigenvalue weighted by atomic mass is 16.2. The largest absolute Gasteiger partial charge is 0.372 e. The summed E-state index contributed by atoms with van der Waals surface area (Å²) in [4.78, 5) is 19.8. The third kappa shape index (κ3) is 3.07. The number of hydrogen-bond acceptors (Lipinski definition) is 5. The van der Waals surface area contributed by atoms with Gasteiger partial charge in [-0.3, -0.25) is 9.69 Å². The van der Waals surface area contributed by atoms with Crippen LogP contribution in [0.2, 0.25) is 0 Å². The van der Waals surface area contributed by atoms with Gasteiger partial charge in [-0.2, -0.15) is 0 Å². The summed E-state index contributed by atoms with van der Waals surface area (Å²) >= 11 is 0. The lowest BCUT2D eigenvalue weighted by Gasteiger charge is -2.29. The van der Waals surface area contributed by atoms with E-state index in [1.807, 2.05) is 23.1 Å². The van der Waals surface area contributed by atoms with E-state index in [-0.39, 0.29) is 5.91 Å². The lowest BCUT2D eigenvalue weighted by Crippen LogP contribution is -2.39. The van der Waals surface area contributed by atoms with Crippen LogP contribution in [0.4, 0.5) is 5.69 Å². The Kier molecular flexibility index (Phi) is 4.55. The second kappa shape index (κ2) is 7.20. The van der Waals surface area contributed by atoms with Crippen LogP contribution in [-0.4, -0.2) is 63.7 Å². The second-order valence-electron chi connectivity index (χ2n) is 8.24. The summed E-state index contributed by atoms with van der Waals surface area (Å²) in [5.74, 6) is 2.07. The molecule has 0 spiro atoms. The fourth-order valence-corrected chi connectivity index (χ4v) is 4.83. The van der Waals surface area contributed by atoms with Crippen molar-refractivity contribution in [3.05, 3.63) is 41.5 Å². The molecule has 2 saturated heterocycles. The lowest BCUT2D eigenvalue weighted by atomic mass is 10.1. The van der Waals surface area contributed by atoms with Gasteiger partial charge in [0.15, 0.2) is 11.6 Å². The summed E-state index contributed by atoms with van der Waals surface area (Å²) in [6, 6.07) is 8.45. The van der Waals surface area contributed by atoms with Crippen molar-refractivity contribution < 1.29 is 4.79 Å². The molecule has 4 heterocycles. The first kappa shape index (κ1) is 17.7. The summed E-state index contributed by atoms with van der Waals surface area (Å²) in [5, 5.41) is 8.92. The van der Waals surface area contributed by atoms with Gasteiger partial charge in [0, 0.05) is 37.4 Å². The van der Waals surface area contributed by atoms with Crippen LogP contribution in [0.15, 0.2) is 24.3 Å². The van der Waals surface area contributed by atoms with Crippen molar-refractivity contribution in [2.75, 3.05) is 38.1 Å². The van der Waals surface area contributed by atoms with Gasteiger partial charge in [-0.25, -0.2) is 0 Å². The molecular formula is C21H28N6O. The molecule has 0 aliphatic carbocycles. The van der Waals surface area contributed by atoms with Crippen molar-refractivity contribution in [3.63, 3.8) is 0 Å². The number of rotatable bonds is 3. The van der Waals surface area contributed by atoms with Crippen LogP contribution in [0.1, 0.15) is 53.7 Å². The van der Waals surface area contributed by atoms with Crippen LogP contribution in [0.3, 0.4) is 0 Å². The van der Waals surface area contributed by atoms with Crippen molar-refractivity contribution in [2.45, 2.75) is 44.8 Å². The van der Waals surface area contributed by atoms with Crippen LogP contribution < -0.4 is 4.90 Å². The summed E-state index contributed by atoms with van der Waals surface area (Å²) < 4.78 is 2.23. The minimum absolute atomic E-state index is 0.0924. The third-order valence-electron chi connectivity index (χ3n) is 6.45. The van der Waals surface area contributed by atoms with Crippen LogP contribution in [0.25, 0.3) is 0 Å². The topological polar surface area (TPSA) is 57.5 Å². The Balaban J connectivity index is 1.33. The third-order valence-corrected chi connectivity index (χ3v) is 6.45. The molecule has 0 unspecified atom stereocenters. The molecule has 5 rings (SSSR count). The Morgan fingerprint density at radius 1 is 1.04 bits per heavy atom. The molecule has 3 aliphatic heterocycles. The average Bonchev–Trinajstić information content (AvgIpc) is 3.47. The van der Waals surface area contributed by atoms with Gasteiger partial charge in [-0.05, 0) is 57.5 Å². The molecule has 3 aliphatic rings. The zero-order chi connectivity index (χ0) is 19.1. The van der Waals surface area contributed by atoms with E-state index < -0.39 is 0 Å². The number of likely N-dealkylation sites (tertiary alicyclic amines) is 1. The highest BCUT2D eigenvalue weighted by Gasteiger charge is 2.31. The van der Waals surface area contributed by atoms with Gasteiger partial charge in [0.2, 0.25) is 0 Å². The number of hydrogen-bond donors (Lipinski definition) is 0. The molecule has 148 valence electrons. The molecule has 7 heteroatoms. The monoisotopic (exact) mass is 380 g/mol. The average molecular weight is 380 g/mol. The Morgan fingerprint density at radius 3 is 2.68 bits per heavy atom. The van der Waals surface area contributed by atoms with E-state index in [4.69, 9.17) is 0 Å². The van der Waals surface area contributed by atoms with E-state index in [2.05, 4.69) is 37.7 Å². The minimum atomic E-state index is 0.0924. The molecule has 1 aromatic heterocycles. The van der Waals surface area contributed by atoms with Gasteiger partial charge in [-0.1, -0.05) is 6.07 Å². The standard InChI is InChI=1S/C21H28N6O/c1-24-9-5-8-18(24)20-23-22-19-15-26(12-13-27(19)20)21(28)16-6-4-7-17(14-16)25-10-2-3-11-25/h4,6-7,14,18H,2-3,5,8-13,15H2,1H3/t18-/m0/s1. The summed E-state index contributed by atoms with van der Waals surface area (Å²) in [7, 11) is 2.16. The van der Waals surface area contributed by atoms with Gasteiger partial charge in [-0.15, -0.1) is 10.2 Å². The maximum Gasteiger partial charge on any atom is 0.254 e. The van der Waals surface area contributed by atoms with Gasteiger partial charge >= 0.3 is 0 Å². The number of anilines is 1. The number of amides is 1. The predicted molar refractivity (Wildman–Crippen MR) is 107 cm³/mol. The van der Waals surface area contributed by atoms with Crippen molar-refractivity contribution >= 4 is 11.6 Å². The highest BCUT2D eigenvalue weighted by molar-refractivity contribution is 5.95. The zero-order valence-corrected chi connectivity index (χ0v) is 16.5. The molecule has 1 aromatic carbocycles. The first-order valence-corrected chi connectivity index (χ1v) is 10.5. The Bertz CT molecular complexity index is 872. The first-order valence-electron chi connectivity index (χ1n) is 10.5. The fraction of sp³-hybridized carbons (Fsp3) is 0.571. The van der Waals surface area contributed by atoms with Crippen molar-refractivity contribution in [1.82, 2.24) is 24.6 Å². The summed E-state index contributed by atoms with van der Waals surface area (Å²) in [6.45, 7) is 5.31. The van der Waals surface area contributed by atoms with Crippen LogP contribution in [-0.2, 0) is 13.1 Å². The van der Waals surface area contributed by atoms with Gasteiger partial charge < -0.3 is 14.4 Å². The van der Waals surface area contributed by atoms with E-state index in [0.717, 1.165) is 55.5 Å². The normalized spacial score (nSPS) is 22.7. The molecule has 2 aromatic rings. The molecule has 0 bridgehead atoms. The Morgan fingerprint density at radius 2 is 1.89 bits per heavy atom. The van der Waals surface area contributed by atoms with E-state index in [1.54, 1.807) is 0 Å². The maximum atomic E-state index is 13.1. The van der Waals surface area contributed by atoms with Crippen LogP contribution >= 0.6 is 0 Å². The number of aromatic nitrogens is 3. The van der Waals surface area contributed by atoms with E-state index >= 15 is 0 Å². The Labute approximate surface area is 165 Å². The van der Waals surface area contributed by atoms with Crippen molar-refractivity contribution in [2.24, 2.45) is 0 Å². The van der Waals surface area contributed by atoms with Crippen LogP contribution in [0, 0.1) is 0 Å². The molecule has 1 amide bonds.